The van der Waals surface area contributed by atoms with Gasteiger partial charge in [0.25, 0.3) is 15.9 Å². The van der Waals surface area contributed by atoms with Crippen molar-refractivity contribution in [3.63, 3.8) is 0 Å². The predicted molar refractivity (Wildman–Crippen MR) is 127 cm³/mol. The Bertz CT molecular complexity index is 1210. The van der Waals surface area contributed by atoms with Gasteiger partial charge in [-0.2, -0.15) is 5.10 Å². The number of hydrazone groups is 1. The number of benzene rings is 3. The number of anilines is 1. The number of carbonyl (C=O) groups is 1. The minimum Gasteiger partial charge on any atom is -0.271 e. The summed E-state index contributed by atoms with van der Waals surface area (Å²) in [7, 11) is -4.01. The van der Waals surface area contributed by atoms with E-state index in [0.29, 0.717) is 5.02 Å². The van der Waals surface area contributed by atoms with E-state index in [9.17, 15) is 13.2 Å². The van der Waals surface area contributed by atoms with Gasteiger partial charge >= 0.3 is 0 Å². The first-order valence-corrected chi connectivity index (χ1v) is 11.8. The van der Waals surface area contributed by atoms with Gasteiger partial charge in [-0.05, 0) is 43.3 Å². The minimum absolute atomic E-state index is 0.0718. The van der Waals surface area contributed by atoms with Crippen molar-refractivity contribution in [2.75, 3.05) is 10.8 Å². The Kier molecular flexibility index (Phi) is 7.48. The van der Waals surface area contributed by atoms with Crippen LogP contribution >= 0.6 is 27.5 Å². The molecule has 9 heteroatoms. The maximum absolute atomic E-state index is 13.3. The number of nitrogens with zero attached hydrogens (tertiary/aromatic N) is 2. The molecule has 3 rings (SSSR count). The highest BCUT2D eigenvalue weighted by atomic mass is 79.9. The summed E-state index contributed by atoms with van der Waals surface area (Å²) in [5.41, 5.74) is 4.34. The smallest absolute Gasteiger partial charge is 0.264 e. The van der Waals surface area contributed by atoms with Gasteiger partial charge in [0, 0.05) is 15.1 Å². The second-order valence-electron chi connectivity index (χ2n) is 6.62. The molecule has 0 unspecified atom stereocenters. The number of hydrogen-bond acceptors (Lipinski definition) is 4. The van der Waals surface area contributed by atoms with Crippen LogP contribution in [0.3, 0.4) is 0 Å². The lowest BCUT2D eigenvalue weighted by Crippen LogP contribution is -2.39. The Morgan fingerprint density at radius 3 is 2.48 bits per heavy atom. The van der Waals surface area contributed by atoms with E-state index in [1.54, 1.807) is 30.3 Å². The first kappa shape index (κ1) is 23.0. The van der Waals surface area contributed by atoms with E-state index in [-0.39, 0.29) is 10.6 Å². The van der Waals surface area contributed by atoms with Crippen LogP contribution in [0.5, 0.6) is 0 Å². The molecule has 3 aromatic rings. The number of amides is 1. The highest BCUT2D eigenvalue weighted by molar-refractivity contribution is 9.10. The second-order valence-corrected chi connectivity index (χ2v) is 9.77. The molecule has 0 saturated heterocycles. The van der Waals surface area contributed by atoms with E-state index < -0.39 is 22.5 Å². The molecule has 0 aliphatic rings. The molecule has 0 saturated carbocycles. The molecule has 0 radical (unpaired) electrons. The largest absolute Gasteiger partial charge is 0.271 e. The van der Waals surface area contributed by atoms with E-state index in [4.69, 9.17) is 11.6 Å². The molecule has 0 aliphatic heterocycles. The molecule has 0 atom stereocenters. The summed E-state index contributed by atoms with van der Waals surface area (Å²) in [4.78, 5) is 12.6. The third-order valence-corrected chi connectivity index (χ3v) is 7.04. The highest BCUT2D eigenvalue weighted by Gasteiger charge is 2.27. The number of nitrogens with one attached hydrogen (secondary N) is 1. The average molecular weight is 521 g/mol. The summed E-state index contributed by atoms with van der Waals surface area (Å²) in [6, 6.07) is 20.1. The summed E-state index contributed by atoms with van der Waals surface area (Å²) < 4.78 is 28.4. The molecule has 0 spiro atoms. The Balaban J connectivity index is 1.86. The van der Waals surface area contributed by atoms with Crippen molar-refractivity contribution in [3.8, 4) is 0 Å². The molecule has 6 nitrogen and oxygen atoms in total. The normalized spacial score (nSPS) is 11.5. The lowest BCUT2D eigenvalue weighted by Gasteiger charge is -2.24. The Morgan fingerprint density at radius 2 is 1.81 bits per heavy atom. The first-order chi connectivity index (χ1) is 14.8. The van der Waals surface area contributed by atoms with E-state index in [2.05, 4.69) is 26.5 Å². The van der Waals surface area contributed by atoms with Gasteiger partial charge in [0.1, 0.15) is 6.54 Å². The minimum atomic E-state index is -4.01. The molecule has 0 fully saturated rings. The Morgan fingerprint density at radius 1 is 1.10 bits per heavy atom. The summed E-state index contributed by atoms with van der Waals surface area (Å²) in [6.45, 7) is 1.39. The standard InChI is InChI=1S/C22H19BrClN3O3S/c1-16-9-11-20(12-10-16)31(29,30)27(19-7-4-6-18(24)13-19)15-22(28)26-25-14-17-5-2-3-8-21(17)23/h2-14H,15H2,1H3,(H,26,28)/b25-14-. The van der Waals surface area contributed by atoms with Crippen LogP contribution in [-0.4, -0.2) is 27.1 Å². The Labute approximate surface area is 194 Å². The van der Waals surface area contributed by atoms with Crippen LogP contribution in [0.25, 0.3) is 0 Å². The van der Waals surface area contributed by atoms with Crippen LogP contribution in [0, 0.1) is 6.92 Å². The van der Waals surface area contributed by atoms with E-state index >= 15 is 0 Å². The van der Waals surface area contributed by atoms with Gasteiger partial charge in [0.15, 0.2) is 0 Å². The van der Waals surface area contributed by atoms with Crippen molar-refractivity contribution >= 4 is 55.4 Å². The molecule has 31 heavy (non-hydrogen) atoms. The van der Waals surface area contributed by atoms with Crippen molar-refractivity contribution < 1.29 is 13.2 Å². The van der Waals surface area contributed by atoms with Gasteiger partial charge in [-0.25, -0.2) is 13.8 Å². The van der Waals surface area contributed by atoms with Crippen LogP contribution in [0.2, 0.25) is 5.02 Å². The number of halogens is 2. The van der Waals surface area contributed by atoms with Gasteiger partial charge in [0.05, 0.1) is 16.8 Å². The first-order valence-electron chi connectivity index (χ1n) is 9.19. The summed E-state index contributed by atoms with van der Waals surface area (Å²) in [5, 5.41) is 4.29. The Hall–Kier alpha value is -2.68. The SMILES string of the molecule is Cc1ccc(S(=O)(=O)N(CC(=O)N/N=C\c2ccccc2Br)c2cccc(Cl)c2)cc1. The molecular weight excluding hydrogens is 502 g/mol. The number of sulfonamides is 1. The summed E-state index contributed by atoms with van der Waals surface area (Å²) in [5.74, 6) is -0.598. The fourth-order valence-electron chi connectivity index (χ4n) is 2.70. The zero-order chi connectivity index (χ0) is 22.4. The van der Waals surface area contributed by atoms with Crippen LogP contribution in [0.1, 0.15) is 11.1 Å². The quantitative estimate of drug-likeness (QED) is 0.360. The van der Waals surface area contributed by atoms with Crippen LogP contribution in [0.15, 0.2) is 87.3 Å². The van der Waals surface area contributed by atoms with Crippen molar-refractivity contribution in [2.45, 2.75) is 11.8 Å². The number of rotatable bonds is 7. The van der Waals surface area contributed by atoms with Gasteiger partial charge < -0.3 is 0 Å². The fourth-order valence-corrected chi connectivity index (χ4v) is 4.69. The van der Waals surface area contributed by atoms with Gasteiger partial charge in [-0.3, -0.25) is 9.10 Å². The number of hydrogen-bond donors (Lipinski definition) is 1. The molecular formula is C22H19BrClN3O3S. The molecule has 0 aromatic heterocycles. The molecule has 1 N–H and O–H groups in total. The molecule has 160 valence electrons. The van der Waals surface area contributed by atoms with E-state index in [0.717, 1.165) is 19.9 Å². The molecule has 3 aromatic carbocycles. The molecule has 1 amide bonds. The lowest BCUT2D eigenvalue weighted by atomic mass is 10.2. The maximum Gasteiger partial charge on any atom is 0.264 e. The van der Waals surface area contributed by atoms with Crippen LogP contribution in [0.4, 0.5) is 5.69 Å². The van der Waals surface area contributed by atoms with Crippen LogP contribution < -0.4 is 9.73 Å². The second kappa shape index (κ2) is 10.1. The van der Waals surface area contributed by atoms with Crippen molar-refractivity contribution in [3.05, 3.63) is 93.4 Å². The monoisotopic (exact) mass is 519 g/mol. The fraction of sp³-hybridized carbons (Fsp3) is 0.0909. The summed E-state index contributed by atoms with van der Waals surface area (Å²) >= 11 is 9.45. The van der Waals surface area contributed by atoms with E-state index in [1.807, 2.05) is 31.2 Å². The molecule has 0 heterocycles. The summed E-state index contributed by atoms with van der Waals surface area (Å²) in [6.07, 6.45) is 1.47. The third kappa shape index (κ3) is 5.94. The predicted octanol–water partition coefficient (Wildman–Crippen LogP) is 4.76. The topological polar surface area (TPSA) is 78.8 Å². The van der Waals surface area contributed by atoms with Crippen LogP contribution in [-0.2, 0) is 14.8 Å². The highest BCUT2D eigenvalue weighted by Crippen LogP contribution is 2.26. The average Bonchev–Trinajstić information content (AvgIpc) is 2.73. The maximum atomic E-state index is 13.3. The lowest BCUT2D eigenvalue weighted by molar-refractivity contribution is -0.119. The van der Waals surface area contributed by atoms with Crippen molar-refractivity contribution in [1.29, 1.82) is 0 Å². The molecule has 0 aliphatic carbocycles. The third-order valence-electron chi connectivity index (χ3n) is 4.29. The van der Waals surface area contributed by atoms with Crippen molar-refractivity contribution in [2.24, 2.45) is 5.10 Å². The van der Waals surface area contributed by atoms with Crippen molar-refractivity contribution in [1.82, 2.24) is 5.43 Å². The van der Waals surface area contributed by atoms with E-state index in [1.165, 1.54) is 24.4 Å². The molecule has 0 bridgehead atoms. The van der Waals surface area contributed by atoms with Gasteiger partial charge in [-0.1, -0.05) is 69.5 Å². The zero-order valence-corrected chi connectivity index (χ0v) is 19.7. The van der Waals surface area contributed by atoms with Gasteiger partial charge in [0.2, 0.25) is 0 Å². The number of aryl methyl sites for hydroxylation is 1. The number of carbonyl (C=O) groups excluding carboxylic acids is 1. The van der Waals surface area contributed by atoms with Gasteiger partial charge in [-0.15, -0.1) is 0 Å². The zero-order valence-electron chi connectivity index (χ0n) is 16.5.